The van der Waals surface area contributed by atoms with Crippen LogP contribution in [0.4, 0.5) is 5.69 Å². The number of ether oxygens (including phenoxy) is 4. The molecular formula is C44H61N3O12. The zero-order valence-corrected chi connectivity index (χ0v) is 35.9. The number of phenolic OH excluding ortho intramolecular Hbond substituents is 3. The predicted octanol–water partition coefficient (Wildman–Crippen LogP) is 6.21. The van der Waals surface area contributed by atoms with E-state index in [1.54, 1.807) is 44.9 Å². The Balaban J connectivity index is 2.00. The number of carbonyl (C=O) groups is 3. The average molecular weight is 824 g/mol. The number of carbonyl (C=O) groups excluding carboxylic acids is 3. The molecule has 3 aliphatic heterocycles. The fourth-order valence-corrected chi connectivity index (χ4v) is 7.76. The number of nitrogens with zero attached hydrogens (tertiary/aromatic N) is 2. The lowest BCUT2D eigenvalue weighted by Crippen LogP contribution is -2.46. The molecule has 59 heavy (non-hydrogen) atoms. The average Bonchev–Trinajstić information content (AvgIpc) is 3.46. The van der Waals surface area contributed by atoms with Gasteiger partial charge in [0.25, 0.3) is 11.7 Å². The Kier molecular flexibility index (Phi) is 15.2. The summed E-state index contributed by atoms with van der Waals surface area (Å²) in [5, 5.41) is 66.9. The quantitative estimate of drug-likeness (QED) is 0.0575. The Labute approximate surface area is 346 Å². The van der Waals surface area contributed by atoms with Gasteiger partial charge in [-0.2, -0.15) is 5.10 Å². The smallest absolute Gasteiger partial charge is 0.312 e. The van der Waals surface area contributed by atoms with Gasteiger partial charge in [-0.25, -0.2) is 0 Å². The van der Waals surface area contributed by atoms with Crippen molar-refractivity contribution in [1.82, 2.24) is 5.01 Å². The summed E-state index contributed by atoms with van der Waals surface area (Å²) in [6, 6.07) is 0. The number of phenols is 3. The number of benzene rings is 2. The zero-order chi connectivity index (χ0) is 44.1. The monoisotopic (exact) mass is 823 g/mol. The largest absolute Gasteiger partial charge is 0.507 e. The molecule has 0 saturated heterocycles. The third-order valence-corrected chi connectivity index (χ3v) is 11.3. The normalized spacial score (nSPS) is 30.1. The van der Waals surface area contributed by atoms with Gasteiger partial charge in [0.2, 0.25) is 0 Å². The van der Waals surface area contributed by atoms with Crippen LogP contribution in [0.15, 0.2) is 41.2 Å². The molecule has 0 aromatic heterocycles. The highest BCUT2D eigenvalue weighted by molar-refractivity contribution is 6.23. The Hall–Kier alpha value is -5.12. The predicted molar refractivity (Wildman–Crippen MR) is 224 cm³/mol. The third-order valence-electron chi connectivity index (χ3n) is 11.3. The van der Waals surface area contributed by atoms with E-state index in [-0.39, 0.29) is 44.5 Å². The van der Waals surface area contributed by atoms with Crippen LogP contribution in [-0.4, -0.2) is 105 Å². The first-order valence-electron chi connectivity index (χ1n) is 20.1. The second-order valence-corrected chi connectivity index (χ2v) is 15.8. The van der Waals surface area contributed by atoms with Crippen molar-refractivity contribution in [2.45, 2.75) is 112 Å². The molecule has 0 saturated carbocycles. The van der Waals surface area contributed by atoms with Crippen molar-refractivity contribution in [3.8, 4) is 23.0 Å². The highest BCUT2D eigenvalue weighted by Crippen LogP contribution is 2.55. The van der Waals surface area contributed by atoms with E-state index in [2.05, 4.69) is 10.4 Å². The van der Waals surface area contributed by atoms with E-state index in [0.717, 1.165) is 12.8 Å². The van der Waals surface area contributed by atoms with Crippen molar-refractivity contribution in [3.05, 3.63) is 52.8 Å². The van der Waals surface area contributed by atoms with Gasteiger partial charge in [0.05, 0.1) is 53.0 Å². The molecule has 5 bridgehead atoms. The molecule has 0 unspecified atom stereocenters. The topological polar surface area (TPSA) is 217 Å². The van der Waals surface area contributed by atoms with Crippen LogP contribution in [0.1, 0.15) is 96.6 Å². The van der Waals surface area contributed by atoms with Crippen molar-refractivity contribution in [2.75, 3.05) is 25.5 Å². The van der Waals surface area contributed by atoms with E-state index in [9.17, 15) is 39.9 Å². The number of hydrogen-bond acceptors (Lipinski definition) is 14. The molecule has 0 aliphatic carbocycles. The lowest BCUT2D eigenvalue weighted by molar-refractivity contribution is -0.160. The molecule has 0 radical (unpaired) electrons. The molecule has 1 amide bonds. The minimum absolute atomic E-state index is 0.0556. The van der Waals surface area contributed by atoms with Gasteiger partial charge < -0.3 is 49.8 Å². The number of aliphatic hydroxyl groups excluding tert-OH is 2. The van der Waals surface area contributed by atoms with Gasteiger partial charge in [0.1, 0.15) is 23.4 Å². The number of aliphatic hydroxyl groups is 2. The summed E-state index contributed by atoms with van der Waals surface area (Å²) in [5.41, 5.74) is -0.354. The number of allylic oxidation sites excluding steroid dienone is 2. The summed E-state index contributed by atoms with van der Waals surface area (Å²) in [4.78, 5) is 40.5. The van der Waals surface area contributed by atoms with Crippen molar-refractivity contribution in [2.24, 2.45) is 28.8 Å². The summed E-state index contributed by atoms with van der Waals surface area (Å²) in [6.45, 7) is 17.6. The number of ketones is 1. The highest BCUT2D eigenvalue weighted by Gasteiger charge is 2.50. The van der Waals surface area contributed by atoms with E-state index in [1.165, 1.54) is 59.4 Å². The van der Waals surface area contributed by atoms with Crippen LogP contribution in [0, 0.1) is 30.6 Å². The van der Waals surface area contributed by atoms with Gasteiger partial charge in [0, 0.05) is 74.2 Å². The van der Waals surface area contributed by atoms with E-state index in [0.29, 0.717) is 13.1 Å². The van der Waals surface area contributed by atoms with Crippen LogP contribution in [0.5, 0.6) is 23.0 Å². The number of fused-ring (bicyclic) bond motifs is 14. The number of anilines is 1. The Bertz CT molecular complexity index is 2020. The first-order chi connectivity index (χ1) is 27.8. The molecule has 15 heteroatoms. The van der Waals surface area contributed by atoms with Gasteiger partial charge in [-0.05, 0) is 32.8 Å². The number of esters is 1. The molecule has 5 rings (SSSR count). The highest BCUT2D eigenvalue weighted by atomic mass is 16.7. The second-order valence-electron chi connectivity index (χ2n) is 15.8. The number of amides is 1. The first kappa shape index (κ1) is 46.6. The molecule has 0 fully saturated rings. The molecule has 3 aliphatic rings. The van der Waals surface area contributed by atoms with Crippen molar-refractivity contribution < 1.29 is 58.9 Å². The minimum atomic E-state index is -2.04. The van der Waals surface area contributed by atoms with Gasteiger partial charge in [-0.15, -0.1) is 0 Å². The van der Waals surface area contributed by atoms with Crippen molar-refractivity contribution >= 4 is 40.3 Å². The van der Waals surface area contributed by atoms with Gasteiger partial charge in [-0.3, -0.25) is 19.4 Å². The number of methoxy groups -OCH3 is 1. The van der Waals surface area contributed by atoms with Crippen molar-refractivity contribution in [3.63, 3.8) is 0 Å². The number of Topliss-reactive ketones (excluding diaryl/α,β-unsaturated/α-hetero) is 1. The molecular weight excluding hydrogens is 762 g/mol. The fraction of sp³-hybridized carbons (Fsp3) is 0.545. The van der Waals surface area contributed by atoms with Crippen LogP contribution in [0.2, 0.25) is 0 Å². The number of nitrogens with one attached hydrogen (secondary N) is 1. The maximum absolute atomic E-state index is 14.4. The van der Waals surface area contributed by atoms with Crippen LogP contribution < -0.4 is 10.1 Å². The maximum Gasteiger partial charge on any atom is 0.312 e. The van der Waals surface area contributed by atoms with Gasteiger partial charge in [-0.1, -0.05) is 59.8 Å². The first-order valence-corrected chi connectivity index (χ1v) is 20.1. The summed E-state index contributed by atoms with van der Waals surface area (Å²) in [5.74, 6) is -8.35. The number of rotatable bonds is 8. The molecule has 2 aromatic carbocycles. The Morgan fingerprint density at radius 1 is 0.949 bits per heavy atom. The molecule has 0 spiro atoms. The summed E-state index contributed by atoms with van der Waals surface area (Å²) < 4.78 is 23.6. The van der Waals surface area contributed by atoms with Crippen LogP contribution in [0.25, 0.3) is 10.8 Å². The van der Waals surface area contributed by atoms with Crippen LogP contribution >= 0.6 is 0 Å². The third kappa shape index (κ3) is 9.53. The molecule has 3 heterocycles. The lowest BCUT2D eigenvalue weighted by Gasteiger charge is -2.38. The van der Waals surface area contributed by atoms with Gasteiger partial charge >= 0.3 is 11.8 Å². The molecule has 6 N–H and O–H groups in total. The molecule has 324 valence electrons. The van der Waals surface area contributed by atoms with Crippen molar-refractivity contribution in [1.29, 1.82) is 0 Å². The summed E-state index contributed by atoms with van der Waals surface area (Å²) in [7, 11) is 1.44. The summed E-state index contributed by atoms with van der Waals surface area (Å²) in [6.07, 6.45) is 6.38. The SMILES string of the molecule is CCCN(CCC)/N=C\c1c2c(O)c3c(O)c(C)c4c(c3c1O)C(=O)[C@@](C)(O/C=C/[C@H](OC)[C@@H](C)[C@@H](OC(C)=O)[C@H](C)[C@H](O)[C@H](C)[C@@H](O)[C@@H](C)/C=C/C=C(/C)C(=O)N2)O4. The van der Waals surface area contributed by atoms with E-state index in [1.807, 2.05) is 13.8 Å². The lowest BCUT2D eigenvalue weighted by atomic mass is 9.78. The van der Waals surface area contributed by atoms with E-state index >= 15 is 0 Å². The number of aromatic hydroxyl groups is 3. The van der Waals surface area contributed by atoms with Gasteiger partial charge in [0.15, 0.2) is 5.75 Å². The molecule has 15 nitrogen and oxygen atoms in total. The number of hydrazone groups is 1. The zero-order valence-electron chi connectivity index (χ0n) is 35.9. The fourth-order valence-electron chi connectivity index (χ4n) is 7.76. The second kappa shape index (κ2) is 19.3. The van der Waals surface area contributed by atoms with Crippen LogP contribution in [0.3, 0.4) is 0 Å². The number of hydrogen-bond donors (Lipinski definition) is 6. The summed E-state index contributed by atoms with van der Waals surface area (Å²) >= 11 is 0. The Morgan fingerprint density at radius 3 is 2.19 bits per heavy atom. The standard InChI is InChI=1S/C44H61N3O12/c1-12-18-47(19-13-2)45-21-29-34-39(53)32-31(38(29)52)33-41(27(8)37(32)51)59-44(10,42(33)54)57-20-17-30(56-11)24(5)40(58-28(9)48)26(7)36(50)25(6)35(49)22(3)15-14-16-23(4)43(55)46-34/h14-17,20-22,24-26,30,35-36,40,49-53H,12-13,18-19H2,1-11H3,(H,46,55)/b15-14+,20-17+,23-16-,45-21-/t22-,24+,25+,26+,30-,35-,36+,40+,44-/m0/s1. The Morgan fingerprint density at radius 2 is 1.59 bits per heavy atom. The maximum atomic E-state index is 14.4. The molecule has 9 atom stereocenters. The van der Waals surface area contributed by atoms with E-state index in [4.69, 9.17) is 18.9 Å². The molecule has 2 aromatic rings. The van der Waals surface area contributed by atoms with Crippen LogP contribution in [-0.2, 0) is 23.8 Å². The minimum Gasteiger partial charge on any atom is -0.507 e. The van der Waals surface area contributed by atoms with E-state index < -0.39 is 88.8 Å².